The van der Waals surface area contributed by atoms with Gasteiger partial charge in [-0.15, -0.1) is 0 Å². The molecule has 2 heterocycles. The number of hydrogen-bond acceptors (Lipinski definition) is 4. The van der Waals surface area contributed by atoms with E-state index in [4.69, 9.17) is 14.2 Å². The first kappa shape index (κ1) is 16.7. The zero-order valence-electron chi connectivity index (χ0n) is 13.9. The molecule has 0 aromatic heterocycles. The Balaban J connectivity index is 1.47. The summed E-state index contributed by atoms with van der Waals surface area (Å²) in [5, 5.41) is 0. The fraction of sp³-hybridized carbons (Fsp3) is 0.667. The van der Waals surface area contributed by atoms with Crippen LogP contribution in [0.5, 0.6) is 5.75 Å². The summed E-state index contributed by atoms with van der Waals surface area (Å²) >= 11 is 0. The van der Waals surface area contributed by atoms with Gasteiger partial charge in [0.25, 0.3) is 0 Å². The molecular weight excluding hydrogens is 297 g/mol. The van der Waals surface area contributed by atoms with E-state index in [1.165, 1.54) is 7.11 Å². The van der Waals surface area contributed by atoms with Gasteiger partial charge in [0.15, 0.2) is 11.6 Å². The molecule has 1 aromatic rings. The first-order valence-electron chi connectivity index (χ1n) is 8.47. The minimum absolute atomic E-state index is 0.00270. The van der Waals surface area contributed by atoms with Gasteiger partial charge < -0.3 is 14.2 Å². The van der Waals surface area contributed by atoms with Crippen molar-refractivity contribution in [2.45, 2.75) is 31.3 Å². The van der Waals surface area contributed by atoms with Gasteiger partial charge >= 0.3 is 0 Å². The second kappa shape index (κ2) is 7.60. The number of morpholine rings is 1. The number of benzene rings is 1. The van der Waals surface area contributed by atoms with Gasteiger partial charge in [0.2, 0.25) is 0 Å². The van der Waals surface area contributed by atoms with Crippen molar-refractivity contribution in [3.63, 3.8) is 0 Å². The average molecular weight is 323 g/mol. The fourth-order valence-electron chi connectivity index (χ4n) is 3.53. The van der Waals surface area contributed by atoms with Crippen LogP contribution >= 0.6 is 0 Å². The van der Waals surface area contributed by atoms with Crippen LogP contribution < -0.4 is 4.74 Å². The predicted molar refractivity (Wildman–Crippen MR) is 86.4 cm³/mol. The fourth-order valence-corrected chi connectivity index (χ4v) is 3.53. The molecule has 0 saturated carbocycles. The molecule has 1 spiro atoms. The predicted octanol–water partition coefficient (Wildman–Crippen LogP) is 2.65. The Morgan fingerprint density at radius 1 is 1.26 bits per heavy atom. The first-order valence-corrected chi connectivity index (χ1v) is 8.47. The second-order valence-electron chi connectivity index (χ2n) is 6.49. The highest BCUT2D eigenvalue weighted by molar-refractivity contribution is 5.29. The van der Waals surface area contributed by atoms with Crippen molar-refractivity contribution in [1.29, 1.82) is 0 Å². The van der Waals surface area contributed by atoms with Crippen LogP contribution in [-0.2, 0) is 15.9 Å². The van der Waals surface area contributed by atoms with E-state index in [0.717, 1.165) is 70.7 Å². The van der Waals surface area contributed by atoms with Gasteiger partial charge in [0.05, 0.1) is 19.3 Å². The Hall–Kier alpha value is -1.17. The van der Waals surface area contributed by atoms with Gasteiger partial charge in [0.1, 0.15) is 0 Å². The zero-order valence-corrected chi connectivity index (χ0v) is 13.9. The largest absolute Gasteiger partial charge is 0.494 e. The molecule has 4 nitrogen and oxygen atoms in total. The molecule has 0 N–H and O–H groups in total. The minimum Gasteiger partial charge on any atom is -0.494 e. The maximum Gasteiger partial charge on any atom is 0.165 e. The highest BCUT2D eigenvalue weighted by Crippen LogP contribution is 2.29. The van der Waals surface area contributed by atoms with Crippen LogP contribution in [-0.4, -0.2) is 57.1 Å². The molecule has 2 aliphatic rings. The van der Waals surface area contributed by atoms with Crippen molar-refractivity contribution < 1.29 is 18.6 Å². The van der Waals surface area contributed by atoms with E-state index in [-0.39, 0.29) is 11.4 Å². The SMILES string of the molecule is COc1ccc(CCCN2CCOC3(CCOCC3)C2)cc1F. The lowest BCUT2D eigenvalue weighted by molar-refractivity contribution is -0.153. The summed E-state index contributed by atoms with van der Waals surface area (Å²) < 4.78 is 30.2. The van der Waals surface area contributed by atoms with E-state index >= 15 is 0 Å². The first-order chi connectivity index (χ1) is 11.2. The molecule has 0 bridgehead atoms. The third kappa shape index (κ3) is 4.22. The summed E-state index contributed by atoms with van der Waals surface area (Å²) in [4.78, 5) is 2.48. The Kier molecular flexibility index (Phi) is 5.51. The van der Waals surface area contributed by atoms with Gasteiger partial charge in [-0.25, -0.2) is 4.39 Å². The Morgan fingerprint density at radius 3 is 2.83 bits per heavy atom. The summed E-state index contributed by atoms with van der Waals surface area (Å²) in [7, 11) is 1.49. The number of hydrogen-bond donors (Lipinski definition) is 0. The number of ether oxygens (including phenoxy) is 3. The van der Waals surface area contributed by atoms with Crippen molar-refractivity contribution in [3.05, 3.63) is 29.6 Å². The maximum atomic E-state index is 13.7. The molecule has 23 heavy (non-hydrogen) atoms. The normalized spacial score (nSPS) is 21.5. The van der Waals surface area contributed by atoms with Gasteiger partial charge in [-0.05, 0) is 37.1 Å². The van der Waals surface area contributed by atoms with Crippen LogP contribution in [0.1, 0.15) is 24.8 Å². The molecule has 5 heteroatoms. The maximum absolute atomic E-state index is 13.7. The number of halogens is 1. The Morgan fingerprint density at radius 2 is 2.09 bits per heavy atom. The third-order valence-electron chi connectivity index (χ3n) is 4.89. The molecule has 0 aliphatic carbocycles. The molecule has 0 unspecified atom stereocenters. The molecule has 2 aliphatic heterocycles. The van der Waals surface area contributed by atoms with E-state index in [9.17, 15) is 4.39 Å². The quantitative estimate of drug-likeness (QED) is 0.833. The third-order valence-corrected chi connectivity index (χ3v) is 4.89. The van der Waals surface area contributed by atoms with E-state index in [2.05, 4.69) is 4.90 Å². The molecule has 0 amide bonds. The van der Waals surface area contributed by atoms with Crippen LogP contribution in [0.4, 0.5) is 4.39 Å². The van der Waals surface area contributed by atoms with Crippen LogP contribution in [0.3, 0.4) is 0 Å². The standard InChI is InChI=1S/C18H26FNO3/c1-21-17-5-4-15(13-16(17)19)3-2-8-20-9-12-23-18(14-20)6-10-22-11-7-18/h4-5,13H,2-3,6-12,14H2,1H3. The molecule has 0 radical (unpaired) electrons. The van der Waals surface area contributed by atoms with Gasteiger partial charge in [-0.2, -0.15) is 0 Å². The lowest BCUT2D eigenvalue weighted by Crippen LogP contribution is -2.54. The average Bonchev–Trinajstić information content (AvgIpc) is 2.56. The van der Waals surface area contributed by atoms with Gasteiger partial charge in [0, 0.05) is 39.1 Å². The van der Waals surface area contributed by atoms with Gasteiger partial charge in [-0.3, -0.25) is 4.90 Å². The highest BCUT2D eigenvalue weighted by atomic mass is 19.1. The number of rotatable bonds is 5. The Bertz CT molecular complexity index is 511. The number of methoxy groups -OCH3 is 1. The number of aryl methyl sites for hydroxylation is 1. The molecular formula is C18H26FNO3. The lowest BCUT2D eigenvalue weighted by Gasteiger charge is -2.44. The lowest BCUT2D eigenvalue weighted by atomic mass is 9.92. The summed E-state index contributed by atoms with van der Waals surface area (Å²) in [5.41, 5.74) is 1.03. The van der Waals surface area contributed by atoms with Crippen LogP contribution in [0.15, 0.2) is 18.2 Å². The van der Waals surface area contributed by atoms with Crippen LogP contribution in [0, 0.1) is 5.82 Å². The van der Waals surface area contributed by atoms with Crippen LogP contribution in [0.25, 0.3) is 0 Å². The Labute approximate surface area is 137 Å². The van der Waals surface area contributed by atoms with Gasteiger partial charge in [-0.1, -0.05) is 6.07 Å². The summed E-state index contributed by atoms with van der Waals surface area (Å²) in [6, 6.07) is 5.23. The molecule has 3 rings (SSSR count). The minimum atomic E-state index is -0.280. The van der Waals surface area contributed by atoms with Crippen molar-refractivity contribution >= 4 is 0 Å². The van der Waals surface area contributed by atoms with Crippen molar-refractivity contribution in [2.24, 2.45) is 0 Å². The van der Waals surface area contributed by atoms with E-state index in [0.29, 0.717) is 5.75 Å². The van der Waals surface area contributed by atoms with Crippen LogP contribution in [0.2, 0.25) is 0 Å². The molecule has 2 saturated heterocycles. The van der Waals surface area contributed by atoms with Crippen molar-refractivity contribution in [2.75, 3.05) is 46.6 Å². The molecule has 2 fully saturated rings. The van der Waals surface area contributed by atoms with Crippen molar-refractivity contribution in [1.82, 2.24) is 4.90 Å². The highest BCUT2D eigenvalue weighted by Gasteiger charge is 2.37. The molecule has 1 aromatic carbocycles. The van der Waals surface area contributed by atoms with E-state index in [1.54, 1.807) is 12.1 Å². The number of nitrogens with zero attached hydrogens (tertiary/aromatic N) is 1. The molecule has 128 valence electrons. The zero-order chi connectivity index (χ0) is 16.1. The van der Waals surface area contributed by atoms with Crippen molar-refractivity contribution in [3.8, 4) is 5.75 Å². The second-order valence-corrected chi connectivity index (χ2v) is 6.49. The smallest absolute Gasteiger partial charge is 0.165 e. The summed E-state index contributed by atoms with van der Waals surface area (Å²) in [5.74, 6) is 0.0286. The van der Waals surface area contributed by atoms with E-state index in [1.807, 2.05) is 6.07 Å². The summed E-state index contributed by atoms with van der Waals surface area (Å²) in [6.45, 7) is 5.42. The summed E-state index contributed by atoms with van der Waals surface area (Å²) in [6.07, 6.45) is 3.90. The molecule has 0 atom stereocenters. The topological polar surface area (TPSA) is 30.9 Å². The van der Waals surface area contributed by atoms with E-state index < -0.39 is 0 Å². The monoisotopic (exact) mass is 323 g/mol.